The molecular weight excluding hydrogens is 440 g/mol. The van der Waals surface area contributed by atoms with E-state index in [2.05, 4.69) is 26.6 Å². The average Bonchev–Trinajstić information content (AvgIpc) is 3.27. The van der Waals surface area contributed by atoms with E-state index in [4.69, 9.17) is 14.2 Å². The number of morpholine rings is 1. The minimum atomic E-state index is -0.184. The van der Waals surface area contributed by atoms with Crippen LogP contribution in [0.25, 0.3) is 10.2 Å². The molecule has 0 aliphatic carbocycles. The zero-order chi connectivity index (χ0) is 23.0. The second-order valence-corrected chi connectivity index (χ2v) is 8.61. The predicted molar refractivity (Wildman–Crippen MR) is 132 cm³/mol. The zero-order valence-corrected chi connectivity index (χ0v) is 19.9. The number of carbonyl (C=O) groups excluding carboxylic acids is 1. The second-order valence-electron chi connectivity index (χ2n) is 7.61. The number of hydrogen-bond acceptors (Lipinski definition) is 8. The van der Waals surface area contributed by atoms with Gasteiger partial charge in [0.1, 0.15) is 11.3 Å². The minimum Gasteiger partial charge on any atom is -0.494 e. The maximum absolute atomic E-state index is 12.8. The lowest BCUT2D eigenvalue weighted by molar-refractivity contribution is 0.102. The van der Waals surface area contributed by atoms with Gasteiger partial charge in [0, 0.05) is 38.3 Å². The highest BCUT2D eigenvalue weighted by atomic mass is 32.1. The second kappa shape index (κ2) is 11.4. The van der Waals surface area contributed by atoms with E-state index in [0.717, 1.165) is 54.3 Å². The van der Waals surface area contributed by atoms with Crippen LogP contribution in [0.2, 0.25) is 0 Å². The molecule has 0 atom stereocenters. The van der Waals surface area contributed by atoms with E-state index in [1.54, 1.807) is 7.11 Å². The lowest BCUT2D eigenvalue weighted by Crippen LogP contribution is -2.36. The van der Waals surface area contributed by atoms with Crippen molar-refractivity contribution >= 4 is 38.3 Å². The van der Waals surface area contributed by atoms with E-state index in [9.17, 15) is 4.79 Å². The first-order valence-electron chi connectivity index (χ1n) is 11.2. The number of rotatable bonds is 10. The number of ether oxygens (including phenoxy) is 3. The summed E-state index contributed by atoms with van der Waals surface area (Å²) in [6.07, 6.45) is 0. The van der Waals surface area contributed by atoms with Gasteiger partial charge in [0.25, 0.3) is 5.91 Å². The average molecular weight is 471 g/mol. The number of fused-ring (bicyclic) bond motifs is 1. The van der Waals surface area contributed by atoms with Gasteiger partial charge in [-0.05, 0) is 36.8 Å². The fourth-order valence-corrected chi connectivity index (χ4v) is 4.72. The molecule has 3 aromatic rings. The summed E-state index contributed by atoms with van der Waals surface area (Å²) in [6.45, 7) is 7.99. The van der Waals surface area contributed by atoms with Crippen LogP contribution in [-0.4, -0.2) is 64.1 Å². The van der Waals surface area contributed by atoms with Crippen LogP contribution in [0.3, 0.4) is 0 Å². The van der Waals surface area contributed by atoms with Crippen LogP contribution in [0.5, 0.6) is 5.75 Å². The Kier molecular flexibility index (Phi) is 8.11. The Hall–Kier alpha value is -2.72. The number of nitrogens with zero attached hydrogens (tertiary/aromatic N) is 2. The Bertz CT molecular complexity index is 1060. The molecule has 1 aliphatic rings. The third kappa shape index (κ3) is 5.80. The molecule has 1 saturated heterocycles. The highest BCUT2D eigenvalue weighted by Crippen LogP contribution is 2.39. The zero-order valence-electron chi connectivity index (χ0n) is 19.1. The van der Waals surface area contributed by atoms with Crippen LogP contribution in [0.15, 0.2) is 36.4 Å². The number of anilines is 2. The minimum absolute atomic E-state index is 0.184. The van der Waals surface area contributed by atoms with Gasteiger partial charge in [-0.25, -0.2) is 4.98 Å². The third-order valence-electron chi connectivity index (χ3n) is 5.45. The van der Waals surface area contributed by atoms with E-state index in [-0.39, 0.29) is 5.91 Å². The van der Waals surface area contributed by atoms with Gasteiger partial charge >= 0.3 is 0 Å². The molecule has 176 valence electrons. The van der Waals surface area contributed by atoms with Crippen molar-refractivity contribution in [3.63, 3.8) is 0 Å². The highest BCUT2D eigenvalue weighted by Gasteiger charge is 2.20. The molecule has 2 heterocycles. The number of amides is 1. The van der Waals surface area contributed by atoms with E-state index >= 15 is 0 Å². The van der Waals surface area contributed by atoms with Crippen LogP contribution in [0.1, 0.15) is 22.8 Å². The van der Waals surface area contributed by atoms with Crippen LogP contribution in [0.4, 0.5) is 10.8 Å². The number of hydrogen-bond donors (Lipinski definition) is 2. The fraction of sp³-hybridized carbons (Fsp3) is 0.417. The smallest absolute Gasteiger partial charge is 0.257 e. The van der Waals surface area contributed by atoms with Crippen LogP contribution >= 0.6 is 11.3 Å². The Morgan fingerprint density at radius 2 is 1.97 bits per heavy atom. The predicted octanol–water partition coefficient (Wildman–Crippen LogP) is 3.52. The molecule has 1 amide bonds. The molecule has 33 heavy (non-hydrogen) atoms. The summed E-state index contributed by atoms with van der Waals surface area (Å²) in [7, 11) is 1.63. The van der Waals surface area contributed by atoms with Crippen molar-refractivity contribution in [3.8, 4) is 5.75 Å². The van der Waals surface area contributed by atoms with Gasteiger partial charge in [0.05, 0.1) is 37.3 Å². The SMILES string of the molecule is CCOCCNCc1ccc(C(=O)Nc2nc3c(OC)ccc(N4CCOCC4)c3s2)cc1. The first-order valence-corrected chi connectivity index (χ1v) is 12.0. The largest absolute Gasteiger partial charge is 0.494 e. The van der Waals surface area contributed by atoms with Crippen molar-refractivity contribution in [1.29, 1.82) is 0 Å². The summed E-state index contributed by atoms with van der Waals surface area (Å²) >= 11 is 1.46. The summed E-state index contributed by atoms with van der Waals surface area (Å²) in [6, 6.07) is 11.6. The third-order valence-corrected chi connectivity index (χ3v) is 6.44. The van der Waals surface area contributed by atoms with Crippen molar-refractivity contribution in [2.45, 2.75) is 13.5 Å². The quantitative estimate of drug-likeness (QED) is 0.439. The maximum Gasteiger partial charge on any atom is 0.257 e. The Balaban J connectivity index is 1.45. The molecule has 0 spiro atoms. The van der Waals surface area contributed by atoms with Gasteiger partial charge < -0.3 is 24.4 Å². The molecule has 8 nitrogen and oxygen atoms in total. The maximum atomic E-state index is 12.8. The van der Waals surface area contributed by atoms with Crippen molar-refractivity contribution < 1.29 is 19.0 Å². The number of thiazole rings is 1. The first-order chi connectivity index (χ1) is 16.2. The van der Waals surface area contributed by atoms with Gasteiger partial charge in [0.15, 0.2) is 5.13 Å². The van der Waals surface area contributed by atoms with Crippen LogP contribution in [-0.2, 0) is 16.0 Å². The monoisotopic (exact) mass is 470 g/mol. The topological polar surface area (TPSA) is 85.0 Å². The molecule has 4 rings (SSSR count). The lowest BCUT2D eigenvalue weighted by atomic mass is 10.1. The molecule has 9 heteroatoms. The molecule has 0 unspecified atom stereocenters. The molecular formula is C24H30N4O4S. The first kappa shape index (κ1) is 23.4. The van der Waals surface area contributed by atoms with E-state index in [0.29, 0.717) is 36.3 Å². The number of carbonyl (C=O) groups is 1. The van der Waals surface area contributed by atoms with E-state index in [1.807, 2.05) is 37.3 Å². The normalized spacial score (nSPS) is 13.9. The summed E-state index contributed by atoms with van der Waals surface area (Å²) in [5.41, 5.74) is 3.55. The molecule has 1 aromatic heterocycles. The van der Waals surface area contributed by atoms with Gasteiger partial charge in [-0.15, -0.1) is 0 Å². The highest BCUT2D eigenvalue weighted by molar-refractivity contribution is 7.23. The molecule has 0 bridgehead atoms. The Labute approximate surface area is 197 Å². The number of benzene rings is 2. The summed E-state index contributed by atoms with van der Waals surface area (Å²) in [4.78, 5) is 19.8. The fourth-order valence-electron chi connectivity index (χ4n) is 3.71. The molecule has 1 aliphatic heterocycles. The standard InChI is InChI=1S/C24H30N4O4S/c1-3-31-13-10-25-16-17-4-6-18(7-5-17)23(29)27-24-26-21-20(30-2)9-8-19(22(21)33-24)28-11-14-32-15-12-28/h4-9,25H,3,10-16H2,1-2H3,(H,26,27,29). The summed E-state index contributed by atoms with van der Waals surface area (Å²) in [5.74, 6) is 0.511. The Morgan fingerprint density at radius 3 is 2.70 bits per heavy atom. The van der Waals surface area contributed by atoms with Crippen molar-refractivity contribution in [2.24, 2.45) is 0 Å². The van der Waals surface area contributed by atoms with Gasteiger partial charge in [-0.1, -0.05) is 23.5 Å². The van der Waals surface area contributed by atoms with Gasteiger partial charge in [-0.2, -0.15) is 0 Å². The van der Waals surface area contributed by atoms with Gasteiger partial charge in [0.2, 0.25) is 0 Å². The van der Waals surface area contributed by atoms with Crippen molar-refractivity contribution in [2.75, 3.05) is 63.4 Å². The Morgan fingerprint density at radius 1 is 1.18 bits per heavy atom. The van der Waals surface area contributed by atoms with Crippen LogP contribution in [0, 0.1) is 0 Å². The molecule has 0 radical (unpaired) electrons. The lowest BCUT2D eigenvalue weighted by Gasteiger charge is -2.29. The molecule has 0 saturated carbocycles. The number of nitrogens with one attached hydrogen (secondary N) is 2. The number of methoxy groups -OCH3 is 1. The summed E-state index contributed by atoms with van der Waals surface area (Å²) in [5, 5.41) is 6.83. The summed E-state index contributed by atoms with van der Waals surface area (Å²) < 4.78 is 17.3. The van der Waals surface area contributed by atoms with Crippen molar-refractivity contribution in [3.05, 3.63) is 47.5 Å². The molecule has 2 N–H and O–H groups in total. The van der Waals surface area contributed by atoms with Crippen LogP contribution < -0.4 is 20.3 Å². The van der Waals surface area contributed by atoms with Gasteiger partial charge in [-0.3, -0.25) is 10.1 Å². The number of aromatic nitrogens is 1. The molecule has 1 fully saturated rings. The van der Waals surface area contributed by atoms with Crippen molar-refractivity contribution in [1.82, 2.24) is 10.3 Å². The van der Waals surface area contributed by atoms with E-state index < -0.39 is 0 Å². The molecule has 2 aromatic carbocycles. The van der Waals surface area contributed by atoms with E-state index in [1.165, 1.54) is 11.3 Å².